The van der Waals surface area contributed by atoms with Crippen LogP contribution in [0.1, 0.15) is 303 Å². The quantitative estimate of drug-likeness (QED) is 0.0345. The average Bonchev–Trinajstić information content (AvgIpc) is 3.34. The molecule has 0 spiro atoms. The van der Waals surface area contributed by atoms with Gasteiger partial charge >= 0.3 is 11.9 Å². The molecule has 1 unspecified atom stereocenters. The van der Waals surface area contributed by atoms with Crippen molar-refractivity contribution in [1.29, 1.82) is 0 Å². The number of unbranched alkanes of at least 4 members (excludes halogenated alkanes) is 34. The van der Waals surface area contributed by atoms with Gasteiger partial charge in [0.1, 0.15) is 6.61 Å². The molecule has 0 N–H and O–H groups in total. The van der Waals surface area contributed by atoms with Gasteiger partial charge in [-0.25, -0.2) is 0 Å². The second kappa shape index (κ2) is 58.9. The highest BCUT2D eigenvalue weighted by molar-refractivity contribution is 5.70. The van der Waals surface area contributed by atoms with Crippen LogP contribution in [0.5, 0.6) is 0 Å². The van der Waals surface area contributed by atoms with Gasteiger partial charge in [0.2, 0.25) is 0 Å². The fraction of sp³-hybridized carbons (Fsp3) is 0.810. The number of carbonyl (C=O) groups is 2. The van der Waals surface area contributed by atoms with Gasteiger partial charge in [0.05, 0.1) is 6.61 Å². The normalized spacial score (nSPS) is 12.6. The van der Waals surface area contributed by atoms with E-state index in [-0.39, 0.29) is 25.2 Å². The van der Waals surface area contributed by atoms with E-state index in [1.54, 1.807) is 0 Å². The van der Waals surface area contributed by atoms with Crippen LogP contribution in [0, 0.1) is 0 Å². The van der Waals surface area contributed by atoms with Crippen LogP contribution >= 0.6 is 0 Å². The molecule has 0 aromatic carbocycles. The Labute approximate surface area is 424 Å². The molecule has 0 aromatic heterocycles. The van der Waals surface area contributed by atoms with E-state index in [1.165, 1.54) is 193 Å². The molecule has 0 saturated heterocycles. The zero-order valence-corrected chi connectivity index (χ0v) is 45.6. The first kappa shape index (κ1) is 65.6. The van der Waals surface area contributed by atoms with E-state index >= 15 is 0 Å². The lowest BCUT2D eigenvalue weighted by molar-refractivity contribution is -0.163. The summed E-state index contributed by atoms with van der Waals surface area (Å²) in [7, 11) is 0. The lowest BCUT2D eigenvalue weighted by Gasteiger charge is -2.18. The molecule has 0 aliphatic carbocycles. The Bertz CT molecular complexity index is 1170. The summed E-state index contributed by atoms with van der Waals surface area (Å²) < 4.78 is 17.5. The molecular formula is C63H114O5. The SMILES string of the molecule is CC/C=C\C/C=C\C/C=C\C/C=C\CCCCCOCC(COC(=O)CCCCCCCCCCC/C=C\CCCCCCCC)OC(=O)CCCCCCCCCCCCCCCCCCC. The third-order valence-corrected chi connectivity index (χ3v) is 13.0. The summed E-state index contributed by atoms with van der Waals surface area (Å²) in [5.74, 6) is -0.403. The summed E-state index contributed by atoms with van der Waals surface area (Å²) in [6, 6.07) is 0. The van der Waals surface area contributed by atoms with Crippen molar-refractivity contribution in [2.24, 2.45) is 0 Å². The second-order valence-electron chi connectivity index (χ2n) is 19.9. The minimum absolute atomic E-state index is 0.0738. The number of ether oxygens (including phenoxy) is 3. The highest BCUT2D eigenvalue weighted by Crippen LogP contribution is 2.16. The third kappa shape index (κ3) is 56.2. The summed E-state index contributed by atoms with van der Waals surface area (Å²) >= 11 is 0. The molecule has 396 valence electrons. The lowest BCUT2D eigenvalue weighted by Crippen LogP contribution is -2.30. The van der Waals surface area contributed by atoms with Gasteiger partial charge in [0, 0.05) is 19.4 Å². The van der Waals surface area contributed by atoms with Crippen LogP contribution in [0.15, 0.2) is 60.8 Å². The molecule has 0 radical (unpaired) electrons. The number of carbonyl (C=O) groups excluding carboxylic acids is 2. The van der Waals surface area contributed by atoms with E-state index in [1.807, 2.05) is 0 Å². The molecule has 68 heavy (non-hydrogen) atoms. The average molecular weight is 952 g/mol. The maximum Gasteiger partial charge on any atom is 0.306 e. The second-order valence-corrected chi connectivity index (χ2v) is 19.9. The topological polar surface area (TPSA) is 61.8 Å². The van der Waals surface area contributed by atoms with Crippen LogP contribution in [0.2, 0.25) is 0 Å². The largest absolute Gasteiger partial charge is 0.462 e. The van der Waals surface area contributed by atoms with Crippen molar-refractivity contribution >= 4 is 11.9 Å². The Morgan fingerprint density at radius 3 is 1.07 bits per heavy atom. The van der Waals surface area contributed by atoms with Crippen LogP contribution in [-0.2, 0) is 23.8 Å². The Morgan fingerprint density at radius 1 is 0.338 bits per heavy atom. The molecule has 0 saturated carbocycles. The van der Waals surface area contributed by atoms with Crippen molar-refractivity contribution in [2.45, 2.75) is 309 Å². The van der Waals surface area contributed by atoms with Gasteiger partial charge in [0.15, 0.2) is 6.10 Å². The first-order chi connectivity index (χ1) is 33.6. The van der Waals surface area contributed by atoms with Crippen molar-refractivity contribution in [3.63, 3.8) is 0 Å². The zero-order valence-electron chi connectivity index (χ0n) is 45.6. The molecule has 0 rings (SSSR count). The van der Waals surface area contributed by atoms with Crippen molar-refractivity contribution < 1.29 is 23.8 Å². The first-order valence-corrected chi connectivity index (χ1v) is 29.8. The van der Waals surface area contributed by atoms with Gasteiger partial charge in [-0.05, 0) is 83.5 Å². The lowest BCUT2D eigenvalue weighted by atomic mass is 10.0. The van der Waals surface area contributed by atoms with Crippen LogP contribution in [-0.4, -0.2) is 37.9 Å². The summed E-state index contributed by atoms with van der Waals surface area (Å²) in [5.41, 5.74) is 0. The molecule has 0 heterocycles. The van der Waals surface area contributed by atoms with Gasteiger partial charge in [-0.1, -0.05) is 268 Å². The molecule has 0 bridgehead atoms. The summed E-state index contributed by atoms with van der Waals surface area (Å²) in [6.07, 6.45) is 75.4. The van der Waals surface area contributed by atoms with Gasteiger partial charge in [0.25, 0.3) is 0 Å². The number of esters is 2. The predicted octanol–water partition coefficient (Wildman–Crippen LogP) is 20.5. The van der Waals surface area contributed by atoms with Crippen molar-refractivity contribution in [2.75, 3.05) is 19.8 Å². The van der Waals surface area contributed by atoms with E-state index in [0.717, 1.165) is 77.0 Å². The van der Waals surface area contributed by atoms with Crippen LogP contribution < -0.4 is 0 Å². The van der Waals surface area contributed by atoms with E-state index in [2.05, 4.69) is 81.5 Å². The molecule has 0 amide bonds. The third-order valence-electron chi connectivity index (χ3n) is 13.0. The van der Waals surface area contributed by atoms with Crippen LogP contribution in [0.4, 0.5) is 0 Å². The van der Waals surface area contributed by atoms with E-state index < -0.39 is 6.10 Å². The zero-order chi connectivity index (χ0) is 49.2. The number of allylic oxidation sites excluding steroid dienone is 10. The molecule has 5 heteroatoms. The number of hydrogen-bond acceptors (Lipinski definition) is 5. The smallest absolute Gasteiger partial charge is 0.306 e. The Hall–Kier alpha value is -2.40. The van der Waals surface area contributed by atoms with E-state index in [0.29, 0.717) is 19.4 Å². The molecule has 0 aliphatic heterocycles. The van der Waals surface area contributed by atoms with Crippen LogP contribution in [0.25, 0.3) is 0 Å². The first-order valence-electron chi connectivity index (χ1n) is 29.8. The van der Waals surface area contributed by atoms with Crippen molar-refractivity contribution in [1.82, 2.24) is 0 Å². The Kier molecular flexibility index (Phi) is 56.8. The number of hydrogen-bond donors (Lipinski definition) is 0. The molecule has 1 atom stereocenters. The molecule has 0 fully saturated rings. The van der Waals surface area contributed by atoms with Gasteiger partial charge < -0.3 is 14.2 Å². The fourth-order valence-corrected chi connectivity index (χ4v) is 8.62. The molecule has 0 aromatic rings. The highest BCUT2D eigenvalue weighted by Gasteiger charge is 2.17. The monoisotopic (exact) mass is 951 g/mol. The number of rotatable bonds is 55. The van der Waals surface area contributed by atoms with E-state index in [9.17, 15) is 9.59 Å². The van der Waals surface area contributed by atoms with Crippen molar-refractivity contribution in [3.8, 4) is 0 Å². The molecular weight excluding hydrogens is 837 g/mol. The van der Waals surface area contributed by atoms with Crippen molar-refractivity contribution in [3.05, 3.63) is 60.8 Å². The predicted molar refractivity (Wildman–Crippen MR) is 298 cm³/mol. The summed E-state index contributed by atoms with van der Waals surface area (Å²) in [4.78, 5) is 25.6. The van der Waals surface area contributed by atoms with Gasteiger partial charge in [-0.2, -0.15) is 0 Å². The minimum Gasteiger partial charge on any atom is -0.462 e. The highest BCUT2D eigenvalue weighted by atomic mass is 16.6. The fourth-order valence-electron chi connectivity index (χ4n) is 8.62. The van der Waals surface area contributed by atoms with Gasteiger partial charge in [-0.15, -0.1) is 0 Å². The maximum absolute atomic E-state index is 12.9. The maximum atomic E-state index is 12.9. The van der Waals surface area contributed by atoms with E-state index in [4.69, 9.17) is 14.2 Å². The van der Waals surface area contributed by atoms with Crippen LogP contribution in [0.3, 0.4) is 0 Å². The standard InChI is InChI=1S/C63H114O5/c1-4-7-10-13-16-19-22-25-28-31-32-34-35-38-41-44-47-50-53-56-62(64)67-60-61(59-66-58-55-52-49-46-43-40-37-30-27-24-21-18-15-12-9-6-3)68-63(65)57-54-51-48-45-42-39-36-33-29-26-23-20-17-14-11-8-5-2/h9,12,18,21,25,27-28,30,40,43,61H,4-8,10-11,13-17,19-20,22-24,26,29,31-39,41-42,44-60H2,1-3H3/b12-9-,21-18-,28-25-,30-27-,43-40-. The molecule has 0 aliphatic rings. The summed E-state index contributed by atoms with van der Waals surface area (Å²) in [5, 5.41) is 0. The summed E-state index contributed by atoms with van der Waals surface area (Å²) in [6.45, 7) is 7.69. The minimum atomic E-state index is -0.553. The molecule has 5 nitrogen and oxygen atoms in total. The van der Waals surface area contributed by atoms with Gasteiger partial charge in [-0.3, -0.25) is 9.59 Å². The Morgan fingerprint density at radius 2 is 0.662 bits per heavy atom. The Balaban J connectivity index is 4.28.